The number of ketones is 1. The summed E-state index contributed by atoms with van der Waals surface area (Å²) < 4.78 is 0. The van der Waals surface area contributed by atoms with E-state index in [1.54, 1.807) is 50.4 Å². The number of amides is 1. The molecule has 3 unspecified atom stereocenters. The summed E-state index contributed by atoms with van der Waals surface area (Å²) in [6, 6.07) is 8.23. The molecule has 0 aromatic heterocycles. The third-order valence-corrected chi connectivity index (χ3v) is 3.34. The number of nitrogens with zero attached hydrogens (tertiary/aromatic N) is 1. The van der Waals surface area contributed by atoms with Crippen LogP contribution in [0.2, 0.25) is 0 Å². The van der Waals surface area contributed by atoms with Crippen molar-refractivity contribution < 1.29 is 14.7 Å². The number of hydrogen-bond donors (Lipinski definition) is 1. The Morgan fingerprint density at radius 1 is 1.37 bits per heavy atom. The molecule has 1 aliphatic heterocycles. The maximum absolute atomic E-state index is 12.4. The van der Waals surface area contributed by atoms with E-state index in [1.165, 1.54) is 4.90 Å². The van der Waals surface area contributed by atoms with Gasteiger partial charge >= 0.3 is 0 Å². The van der Waals surface area contributed by atoms with Crippen LogP contribution in [0.25, 0.3) is 0 Å². The molecule has 1 heterocycles. The van der Waals surface area contributed by atoms with Crippen LogP contribution in [0.1, 0.15) is 24.2 Å². The van der Waals surface area contributed by atoms with Crippen molar-refractivity contribution in [1.82, 2.24) is 4.90 Å². The Labute approximate surface area is 112 Å². The van der Waals surface area contributed by atoms with Gasteiger partial charge in [-0.3, -0.25) is 9.59 Å². The first-order chi connectivity index (χ1) is 9.07. The number of carbonyl (C=O) groups is 2. The molecule has 1 aromatic rings. The molecule has 1 N–H and O–H groups in total. The zero-order chi connectivity index (χ0) is 14.0. The lowest BCUT2D eigenvalue weighted by atomic mass is 9.79. The number of aliphatic hydroxyl groups excluding tert-OH is 1. The van der Waals surface area contributed by atoms with Gasteiger partial charge in [0, 0.05) is 11.8 Å². The van der Waals surface area contributed by atoms with Crippen LogP contribution in [0.15, 0.2) is 42.6 Å². The van der Waals surface area contributed by atoms with E-state index in [0.29, 0.717) is 5.56 Å². The Morgan fingerprint density at radius 2 is 2.00 bits per heavy atom. The van der Waals surface area contributed by atoms with E-state index in [9.17, 15) is 14.7 Å². The maximum Gasteiger partial charge on any atom is 0.235 e. The second kappa shape index (κ2) is 5.36. The molecular formula is C15H17NO3. The number of hydrogen-bond acceptors (Lipinski definition) is 3. The van der Waals surface area contributed by atoms with Gasteiger partial charge in [-0.2, -0.15) is 0 Å². The fraction of sp³-hybridized carbons (Fsp3) is 0.333. The van der Waals surface area contributed by atoms with Gasteiger partial charge in [0.15, 0.2) is 5.78 Å². The number of Topliss-reactive ketones (excluding diaryl/α,β-unsaturated/α-hetero) is 1. The van der Waals surface area contributed by atoms with E-state index in [1.807, 2.05) is 6.07 Å². The van der Waals surface area contributed by atoms with E-state index >= 15 is 0 Å². The number of benzene rings is 1. The predicted molar refractivity (Wildman–Crippen MR) is 71.4 cm³/mol. The summed E-state index contributed by atoms with van der Waals surface area (Å²) in [6.45, 7) is 3.33. The standard InChI is InChI=1S/C15H17NO3/c1-3-9-16-13(12(10(2)17)15(16)19)14(18)11-7-5-4-6-8-11/h3-10,12-13,17H,1-2H3/b9-3-. The number of likely N-dealkylation sites (tertiary alicyclic amines) is 1. The summed E-state index contributed by atoms with van der Waals surface area (Å²) in [5.41, 5.74) is 0.556. The third-order valence-electron chi connectivity index (χ3n) is 3.34. The summed E-state index contributed by atoms with van der Waals surface area (Å²) in [5, 5.41) is 9.67. The topological polar surface area (TPSA) is 57.6 Å². The smallest absolute Gasteiger partial charge is 0.235 e. The van der Waals surface area contributed by atoms with Crippen molar-refractivity contribution in [2.75, 3.05) is 0 Å². The van der Waals surface area contributed by atoms with E-state index in [2.05, 4.69) is 0 Å². The minimum atomic E-state index is -0.827. The summed E-state index contributed by atoms with van der Waals surface area (Å²) >= 11 is 0. The summed E-state index contributed by atoms with van der Waals surface area (Å²) in [5.74, 6) is -0.990. The molecule has 2 rings (SSSR count). The highest BCUT2D eigenvalue weighted by Crippen LogP contribution is 2.32. The van der Waals surface area contributed by atoms with Gasteiger partial charge in [-0.1, -0.05) is 36.4 Å². The van der Waals surface area contributed by atoms with Crippen molar-refractivity contribution >= 4 is 11.7 Å². The van der Waals surface area contributed by atoms with E-state index in [4.69, 9.17) is 0 Å². The number of rotatable bonds is 4. The number of β-lactam (4-membered cyclic amide) rings is 1. The molecular weight excluding hydrogens is 242 g/mol. The molecule has 0 saturated carbocycles. The predicted octanol–water partition coefficient (Wildman–Crippen LogP) is 1.61. The average molecular weight is 259 g/mol. The Bertz CT molecular complexity index is 507. The van der Waals surface area contributed by atoms with Crippen LogP contribution in [0.3, 0.4) is 0 Å². The Morgan fingerprint density at radius 3 is 2.53 bits per heavy atom. The Kier molecular flexibility index (Phi) is 3.81. The van der Waals surface area contributed by atoms with Crippen LogP contribution in [0.4, 0.5) is 0 Å². The van der Waals surface area contributed by atoms with Crippen LogP contribution < -0.4 is 0 Å². The second-order valence-electron chi connectivity index (χ2n) is 4.67. The highest BCUT2D eigenvalue weighted by molar-refractivity contribution is 6.08. The van der Waals surface area contributed by atoms with Crippen molar-refractivity contribution in [3.8, 4) is 0 Å². The molecule has 0 spiro atoms. The molecule has 4 heteroatoms. The first-order valence-electron chi connectivity index (χ1n) is 6.30. The van der Waals surface area contributed by atoms with Crippen molar-refractivity contribution in [1.29, 1.82) is 0 Å². The van der Waals surface area contributed by atoms with Crippen LogP contribution in [-0.4, -0.2) is 33.8 Å². The fourth-order valence-electron chi connectivity index (χ4n) is 2.39. The fourth-order valence-corrected chi connectivity index (χ4v) is 2.39. The SMILES string of the molecule is C/C=C\N1C(=O)C(C(C)O)C1C(=O)c1ccccc1. The number of allylic oxidation sites excluding steroid dienone is 1. The van der Waals surface area contributed by atoms with E-state index < -0.39 is 18.1 Å². The van der Waals surface area contributed by atoms with Gasteiger partial charge in [-0.25, -0.2) is 0 Å². The molecule has 0 aliphatic carbocycles. The van der Waals surface area contributed by atoms with Crippen molar-refractivity contribution in [3.63, 3.8) is 0 Å². The quantitative estimate of drug-likeness (QED) is 0.660. The molecule has 1 amide bonds. The first kappa shape index (κ1) is 13.5. The lowest BCUT2D eigenvalue weighted by Crippen LogP contribution is -2.65. The normalized spacial score (nSPS) is 24.4. The molecule has 4 nitrogen and oxygen atoms in total. The molecule has 1 fully saturated rings. The van der Waals surface area contributed by atoms with Gasteiger partial charge in [0.25, 0.3) is 0 Å². The van der Waals surface area contributed by atoms with Gasteiger partial charge in [-0.05, 0) is 13.8 Å². The van der Waals surface area contributed by atoms with Gasteiger partial charge < -0.3 is 10.0 Å². The highest BCUT2D eigenvalue weighted by atomic mass is 16.3. The van der Waals surface area contributed by atoms with Crippen LogP contribution >= 0.6 is 0 Å². The average Bonchev–Trinajstić information content (AvgIpc) is 2.41. The maximum atomic E-state index is 12.4. The van der Waals surface area contributed by atoms with E-state index in [-0.39, 0.29) is 11.7 Å². The lowest BCUT2D eigenvalue weighted by molar-refractivity contribution is -0.154. The van der Waals surface area contributed by atoms with Crippen LogP contribution in [0, 0.1) is 5.92 Å². The molecule has 0 radical (unpaired) electrons. The van der Waals surface area contributed by atoms with Crippen molar-refractivity contribution in [3.05, 3.63) is 48.2 Å². The molecule has 0 bridgehead atoms. The summed E-state index contributed by atoms with van der Waals surface area (Å²) in [4.78, 5) is 25.7. The summed E-state index contributed by atoms with van der Waals surface area (Å²) in [7, 11) is 0. The number of carbonyl (C=O) groups excluding carboxylic acids is 2. The van der Waals surface area contributed by atoms with Crippen molar-refractivity contribution in [2.24, 2.45) is 5.92 Å². The zero-order valence-corrected chi connectivity index (χ0v) is 11.0. The largest absolute Gasteiger partial charge is 0.392 e. The molecule has 1 aromatic carbocycles. The van der Waals surface area contributed by atoms with Crippen molar-refractivity contribution in [2.45, 2.75) is 26.0 Å². The summed E-state index contributed by atoms with van der Waals surface area (Å²) in [6.07, 6.45) is 2.47. The molecule has 1 saturated heterocycles. The van der Waals surface area contributed by atoms with Gasteiger partial charge in [0.1, 0.15) is 6.04 Å². The van der Waals surface area contributed by atoms with Crippen LogP contribution in [-0.2, 0) is 4.79 Å². The van der Waals surface area contributed by atoms with Crippen LogP contribution in [0.5, 0.6) is 0 Å². The highest BCUT2D eigenvalue weighted by Gasteiger charge is 2.52. The van der Waals surface area contributed by atoms with Gasteiger partial charge in [-0.15, -0.1) is 0 Å². The van der Waals surface area contributed by atoms with E-state index in [0.717, 1.165) is 0 Å². The van der Waals surface area contributed by atoms with Gasteiger partial charge in [0.05, 0.1) is 12.0 Å². The zero-order valence-electron chi connectivity index (χ0n) is 11.0. The third kappa shape index (κ3) is 2.31. The molecule has 100 valence electrons. The minimum absolute atomic E-state index is 0.135. The second-order valence-corrected chi connectivity index (χ2v) is 4.67. The Balaban J connectivity index is 2.29. The lowest BCUT2D eigenvalue weighted by Gasteiger charge is -2.45. The molecule has 19 heavy (non-hydrogen) atoms. The molecule has 3 atom stereocenters. The minimum Gasteiger partial charge on any atom is -0.392 e. The Hall–Kier alpha value is -1.94. The monoisotopic (exact) mass is 259 g/mol. The van der Waals surface area contributed by atoms with Gasteiger partial charge in [0.2, 0.25) is 5.91 Å². The first-order valence-corrected chi connectivity index (χ1v) is 6.30. The molecule has 1 aliphatic rings. The number of aliphatic hydroxyl groups is 1.